The standard InChI is InChI=1S/C13H16N6O/c1-19(7-9-6-14-4-5-15-9)13(20)12-11-10(2-3-16-12)17-8-18-11/h4-6,8,12,16H,2-3,7H2,1H3,(H,17,18). The Morgan fingerprint density at radius 2 is 2.35 bits per heavy atom. The Labute approximate surface area is 116 Å². The van der Waals surface area contributed by atoms with Crippen molar-refractivity contribution >= 4 is 5.91 Å². The topological polar surface area (TPSA) is 86.8 Å². The molecule has 7 heteroatoms. The lowest BCUT2D eigenvalue weighted by atomic mass is 10.0. The van der Waals surface area contributed by atoms with Crippen molar-refractivity contribution in [3.05, 3.63) is 42.0 Å². The fourth-order valence-electron chi connectivity index (χ4n) is 2.38. The molecule has 1 aliphatic heterocycles. The van der Waals surface area contributed by atoms with E-state index in [1.54, 1.807) is 36.9 Å². The highest BCUT2D eigenvalue weighted by Gasteiger charge is 2.30. The number of carbonyl (C=O) groups is 1. The van der Waals surface area contributed by atoms with Crippen LogP contribution in [0.25, 0.3) is 0 Å². The van der Waals surface area contributed by atoms with Crippen LogP contribution in [0.4, 0.5) is 0 Å². The van der Waals surface area contributed by atoms with Crippen LogP contribution in [0, 0.1) is 0 Å². The van der Waals surface area contributed by atoms with E-state index in [1.165, 1.54) is 0 Å². The van der Waals surface area contributed by atoms with Crippen molar-refractivity contribution in [3.8, 4) is 0 Å². The van der Waals surface area contributed by atoms with E-state index < -0.39 is 0 Å². The summed E-state index contributed by atoms with van der Waals surface area (Å²) >= 11 is 0. The molecular formula is C13H16N6O. The molecule has 1 aliphatic rings. The van der Waals surface area contributed by atoms with E-state index >= 15 is 0 Å². The van der Waals surface area contributed by atoms with Crippen LogP contribution in [0.5, 0.6) is 0 Å². The van der Waals surface area contributed by atoms with Gasteiger partial charge in [-0.25, -0.2) is 4.98 Å². The SMILES string of the molecule is CN(Cc1cnccn1)C(=O)C1NCCc2[nH]cnc21. The van der Waals surface area contributed by atoms with E-state index in [0.29, 0.717) is 6.54 Å². The van der Waals surface area contributed by atoms with E-state index in [-0.39, 0.29) is 11.9 Å². The highest BCUT2D eigenvalue weighted by Crippen LogP contribution is 2.21. The third-order valence-electron chi connectivity index (χ3n) is 3.39. The first-order valence-corrected chi connectivity index (χ1v) is 6.51. The van der Waals surface area contributed by atoms with Crippen molar-refractivity contribution in [1.29, 1.82) is 0 Å². The lowest BCUT2D eigenvalue weighted by Crippen LogP contribution is -2.42. The van der Waals surface area contributed by atoms with Crippen LogP contribution < -0.4 is 5.32 Å². The van der Waals surface area contributed by atoms with E-state index in [2.05, 4.69) is 25.3 Å². The van der Waals surface area contributed by atoms with E-state index in [0.717, 1.165) is 30.0 Å². The number of H-pyrrole nitrogens is 1. The fourth-order valence-corrected chi connectivity index (χ4v) is 2.38. The van der Waals surface area contributed by atoms with Crippen LogP contribution in [-0.2, 0) is 17.8 Å². The first-order chi connectivity index (χ1) is 9.75. The van der Waals surface area contributed by atoms with Crippen LogP contribution in [0.3, 0.4) is 0 Å². The first kappa shape index (κ1) is 12.7. The lowest BCUT2D eigenvalue weighted by molar-refractivity contribution is -0.133. The zero-order chi connectivity index (χ0) is 13.9. The zero-order valence-electron chi connectivity index (χ0n) is 11.2. The number of carbonyl (C=O) groups excluding carboxylic acids is 1. The summed E-state index contributed by atoms with van der Waals surface area (Å²) in [6.07, 6.45) is 7.41. The van der Waals surface area contributed by atoms with Gasteiger partial charge in [-0.2, -0.15) is 0 Å². The number of likely N-dealkylation sites (N-methyl/N-ethyl adjacent to an activating group) is 1. The molecule has 3 rings (SSSR count). The number of imidazole rings is 1. The summed E-state index contributed by atoms with van der Waals surface area (Å²) < 4.78 is 0. The molecule has 0 radical (unpaired) electrons. The lowest BCUT2D eigenvalue weighted by Gasteiger charge is -2.26. The molecule has 2 N–H and O–H groups in total. The minimum Gasteiger partial charge on any atom is -0.348 e. The molecule has 3 heterocycles. The Balaban J connectivity index is 1.74. The van der Waals surface area contributed by atoms with Gasteiger partial charge in [-0.15, -0.1) is 0 Å². The Bertz CT molecular complexity index is 596. The molecule has 1 unspecified atom stereocenters. The van der Waals surface area contributed by atoms with Gasteiger partial charge in [0.1, 0.15) is 6.04 Å². The van der Waals surface area contributed by atoms with Crippen molar-refractivity contribution in [3.63, 3.8) is 0 Å². The second kappa shape index (κ2) is 5.38. The summed E-state index contributed by atoms with van der Waals surface area (Å²) in [5, 5.41) is 3.22. The molecule has 7 nitrogen and oxygen atoms in total. The molecule has 20 heavy (non-hydrogen) atoms. The number of fused-ring (bicyclic) bond motifs is 1. The molecule has 1 amide bonds. The third kappa shape index (κ3) is 2.39. The van der Waals surface area contributed by atoms with Gasteiger partial charge in [-0.3, -0.25) is 14.8 Å². The average molecular weight is 272 g/mol. The van der Waals surface area contributed by atoms with Crippen molar-refractivity contribution in [2.75, 3.05) is 13.6 Å². The maximum Gasteiger partial charge on any atom is 0.246 e. The van der Waals surface area contributed by atoms with Gasteiger partial charge in [0.15, 0.2) is 0 Å². The molecule has 0 bridgehead atoms. The predicted molar refractivity (Wildman–Crippen MR) is 71.5 cm³/mol. The molecule has 2 aromatic heterocycles. The van der Waals surface area contributed by atoms with Crippen LogP contribution in [-0.4, -0.2) is 44.3 Å². The minimum atomic E-state index is -0.383. The van der Waals surface area contributed by atoms with Gasteiger partial charge in [0.05, 0.1) is 30.5 Å². The van der Waals surface area contributed by atoms with Crippen LogP contribution in [0.2, 0.25) is 0 Å². The number of hydrogen-bond acceptors (Lipinski definition) is 5. The molecule has 0 saturated carbocycles. The average Bonchev–Trinajstić information content (AvgIpc) is 2.96. The Morgan fingerprint density at radius 3 is 3.15 bits per heavy atom. The van der Waals surface area contributed by atoms with Gasteiger partial charge >= 0.3 is 0 Å². The van der Waals surface area contributed by atoms with Gasteiger partial charge in [0.2, 0.25) is 5.91 Å². The fraction of sp³-hybridized carbons (Fsp3) is 0.385. The predicted octanol–water partition coefficient (Wildman–Crippen LogP) is 0.0451. The summed E-state index contributed by atoms with van der Waals surface area (Å²) in [4.78, 5) is 29.7. The highest BCUT2D eigenvalue weighted by molar-refractivity contribution is 5.83. The number of amides is 1. The summed E-state index contributed by atoms with van der Waals surface area (Å²) in [6.45, 7) is 1.20. The summed E-state index contributed by atoms with van der Waals surface area (Å²) in [5.74, 6) is -0.0105. The van der Waals surface area contributed by atoms with Crippen molar-refractivity contribution in [2.24, 2.45) is 0 Å². The van der Waals surface area contributed by atoms with Crippen molar-refractivity contribution < 1.29 is 4.79 Å². The summed E-state index contributed by atoms with van der Waals surface area (Å²) in [6, 6.07) is -0.383. The van der Waals surface area contributed by atoms with Crippen LogP contribution >= 0.6 is 0 Å². The number of aromatic nitrogens is 4. The molecule has 0 fully saturated rings. The van der Waals surface area contributed by atoms with Gasteiger partial charge in [-0.05, 0) is 0 Å². The molecule has 0 saturated heterocycles. The van der Waals surface area contributed by atoms with E-state index in [9.17, 15) is 4.79 Å². The van der Waals surface area contributed by atoms with Gasteiger partial charge in [-0.1, -0.05) is 0 Å². The number of rotatable bonds is 3. The number of aromatic amines is 1. The molecule has 0 aromatic carbocycles. The van der Waals surface area contributed by atoms with Gasteiger partial charge < -0.3 is 15.2 Å². The second-order valence-corrected chi connectivity index (χ2v) is 4.79. The molecular weight excluding hydrogens is 256 g/mol. The van der Waals surface area contributed by atoms with Crippen molar-refractivity contribution in [2.45, 2.75) is 19.0 Å². The second-order valence-electron chi connectivity index (χ2n) is 4.79. The zero-order valence-corrected chi connectivity index (χ0v) is 11.2. The summed E-state index contributed by atoms with van der Waals surface area (Å²) in [5.41, 5.74) is 2.60. The number of hydrogen-bond donors (Lipinski definition) is 2. The maximum atomic E-state index is 12.5. The molecule has 2 aromatic rings. The largest absolute Gasteiger partial charge is 0.348 e. The Morgan fingerprint density at radius 1 is 1.45 bits per heavy atom. The molecule has 0 aliphatic carbocycles. The van der Waals surface area contributed by atoms with Crippen LogP contribution in [0.1, 0.15) is 23.1 Å². The first-order valence-electron chi connectivity index (χ1n) is 6.51. The quantitative estimate of drug-likeness (QED) is 0.824. The smallest absolute Gasteiger partial charge is 0.246 e. The normalized spacial score (nSPS) is 17.6. The van der Waals surface area contributed by atoms with Crippen molar-refractivity contribution in [1.82, 2.24) is 30.2 Å². The van der Waals surface area contributed by atoms with Crippen LogP contribution in [0.15, 0.2) is 24.9 Å². The molecule has 104 valence electrons. The molecule has 0 spiro atoms. The maximum absolute atomic E-state index is 12.5. The Kier molecular flexibility index (Phi) is 3.42. The summed E-state index contributed by atoms with van der Waals surface area (Å²) in [7, 11) is 1.76. The minimum absolute atomic E-state index is 0.0105. The third-order valence-corrected chi connectivity index (χ3v) is 3.39. The van der Waals surface area contributed by atoms with Gasteiger partial charge in [0, 0.05) is 38.1 Å². The van der Waals surface area contributed by atoms with Gasteiger partial charge in [0.25, 0.3) is 0 Å². The number of nitrogens with zero attached hydrogens (tertiary/aromatic N) is 4. The highest BCUT2D eigenvalue weighted by atomic mass is 16.2. The van der Waals surface area contributed by atoms with E-state index in [4.69, 9.17) is 0 Å². The number of nitrogens with one attached hydrogen (secondary N) is 2. The monoisotopic (exact) mass is 272 g/mol. The Hall–Kier alpha value is -2.28. The van der Waals surface area contributed by atoms with E-state index in [1.807, 2.05) is 0 Å². The molecule has 1 atom stereocenters.